The second-order valence-corrected chi connectivity index (χ2v) is 5.22. The summed E-state index contributed by atoms with van der Waals surface area (Å²) in [5.41, 5.74) is 12.1. The predicted molar refractivity (Wildman–Crippen MR) is 82.7 cm³/mol. The average molecular weight is 260 g/mol. The van der Waals surface area contributed by atoms with Crippen LogP contribution in [0.5, 0.6) is 0 Å². The maximum Gasteiger partial charge on any atom is 0.0652 e. The van der Waals surface area contributed by atoms with Crippen molar-refractivity contribution in [2.24, 2.45) is 0 Å². The maximum atomic E-state index is 3.43. The first-order valence-corrected chi connectivity index (χ1v) is 6.97. The van der Waals surface area contributed by atoms with E-state index in [1.165, 1.54) is 22.3 Å². The van der Waals surface area contributed by atoms with E-state index in [4.69, 9.17) is 0 Å². The van der Waals surface area contributed by atoms with Gasteiger partial charge >= 0.3 is 0 Å². The van der Waals surface area contributed by atoms with Gasteiger partial charge in [0.05, 0.1) is 12.1 Å². The Hall–Kier alpha value is -2.16. The van der Waals surface area contributed by atoms with Crippen molar-refractivity contribution in [3.8, 4) is 0 Å². The fourth-order valence-corrected chi connectivity index (χ4v) is 2.93. The highest BCUT2D eigenvalue weighted by Crippen LogP contribution is 2.30. The predicted octanol–water partition coefficient (Wildman–Crippen LogP) is 3.62. The molecule has 2 heteroatoms. The normalized spacial score (nSPS) is 22.0. The van der Waals surface area contributed by atoms with E-state index in [1.54, 1.807) is 0 Å². The summed E-state index contributed by atoms with van der Waals surface area (Å²) in [6.07, 6.45) is 8.74. The Morgan fingerprint density at radius 1 is 0.600 bits per heavy atom. The zero-order valence-corrected chi connectivity index (χ0v) is 11.1. The lowest BCUT2D eigenvalue weighted by Gasteiger charge is -2.19. The number of fused-ring (bicyclic) bond motifs is 2. The van der Waals surface area contributed by atoms with E-state index < -0.39 is 0 Å². The largest absolute Gasteiger partial charge is 0.246 e. The maximum absolute atomic E-state index is 3.43. The molecule has 2 atom stereocenters. The van der Waals surface area contributed by atoms with Crippen LogP contribution in [-0.2, 0) is 0 Å². The molecule has 0 spiro atoms. The molecule has 20 heavy (non-hydrogen) atoms. The summed E-state index contributed by atoms with van der Waals surface area (Å²) in [6.45, 7) is 0. The van der Waals surface area contributed by atoms with E-state index in [9.17, 15) is 0 Å². The molecule has 0 fully saturated rings. The van der Waals surface area contributed by atoms with Crippen LogP contribution in [-0.4, -0.2) is 0 Å². The summed E-state index contributed by atoms with van der Waals surface area (Å²) in [5, 5.41) is 0. The Labute approximate surface area is 118 Å². The van der Waals surface area contributed by atoms with Crippen LogP contribution in [0, 0.1) is 0 Å². The van der Waals surface area contributed by atoms with E-state index in [0.29, 0.717) is 0 Å². The Morgan fingerprint density at radius 3 is 1.55 bits per heavy atom. The van der Waals surface area contributed by atoms with Gasteiger partial charge in [-0.15, -0.1) is 0 Å². The van der Waals surface area contributed by atoms with Crippen LogP contribution in [0.15, 0.2) is 60.7 Å². The van der Waals surface area contributed by atoms with Gasteiger partial charge in [-0.25, -0.2) is 10.9 Å². The third-order valence-corrected chi connectivity index (χ3v) is 3.99. The van der Waals surface area contributed by atoms with Crippen molar-refractivity contribution in [2.45, 2.75) is 12.1 Å². The quantitative estimate of drug-likeness (QED) is 0.824. The fourth-order valence-electron chi connectivity index (χ4n) is 2.93. The number of benzene rings is 2. The van der Waals surface area contributed by atoms with Crippen molar-refractivity contribution < 1.29 is 0 Å². The molecule has 0 heterocycles. The lowest BCUT2D eigenvalue weighted by Crippen LogP contribution is -2.36. The molecule has 2 aliphatic rings. The van der Waals surface area contributed by atoms with Gasteiger partial charge in [-0.3, -0.25) is 0 Å². The summed E-state index contributed by atoms with van der Waals surface area (Å²) >= 11 is 0. The van der Waals surface area contributed by atoms with E-state index in [0.717, 1.165) is 0 Å². The summed E-state index contributed by atoms with van der Waals surface area (Å²) in [6, 6.07) is 17.5. The summed E-state index contributed by atoms with van der Waals surface area (Å²) in [7, 11) is 0. The van der Waals surface area contributed by atoms with Crippen LogP contribution >= 0.6 is 0 Å². The Kier molecular flexibility index (Phi) is 2.76. The number of hydrazine groups is 1. The molecule has 2 N–H and O–H groups in total. The standard InChI is InChI=1S/C18H16N2/c1-3-7-15-13(5-1)9-11-17(15)19-20-18-12-10-14-6-2-4-8-16(14)18/h1-12,17-20H. The molecule has 4 rings (SSSR count). The highest BCUT2D eigenvalue weighted by Gasteiger charge is 2.20. The van der Waals surface area contributed by atoms with Crippen LogP contribution in [0.4, 0.5) is 0 Å². The zero-order chi connectivity index (χ0) is 13.4. The van der Waals surface area contributed by atoms with Crippen LogP contribution in [0.1, 0.15) is 34.3 Å². The molecular weight excluding hydrogens is 244 g/mol. The first-order valence-electron chi connectivity index (χ1n) is 6.97. The molecule has 0 saturated carbocycles. The molecular formula is C18H16N2. The van der Waals surface area contributed by atoms with Gasteiger partial charge in [-0.2, -0.15) is 0 Å². The van der Waals surface area contributed by atoms with Crippen LogP contribution in [0.25, 0.3) is 12.2 Å². The zero-order valence-electron chi connectivity index (χ0n) is 11.1. The van der Waals surface area contributed by atoms with Gasteiger partial charge in [0.2, 0.25) is 0 Å². The van der Waals surface area contributed by atoms with Gasteiger partial charge in [0.25, 0.3) is 0 Å². The molecule has 2 nitrogen and oxygen atoms in total. The summed E-state index contributed by atoms with van der Waals surface area (Å²) in [5.74, 6) is 0. The van der Waals surface area contributed by atoms with Crippen molar-refractivity contribution in [2.75, 3.05) is 0 Å². The van der Waals surface area contributed by atoms with Crippen molar-refractivity contribution in [3.63, 3.8) is 0 Å². The Bertz CT molecular complexity index is 639. The Morgan fingerprint density at radius 2 is 1.05 bits per heavy atom. The third kappa shape index (κ3) is 1.90. The lowest BCUT2D eigenvalue weighted by atomic mass is 10.1. The first-order chi connectivity index (χ1) is 9.92. The minimum Gasteiger partial charge on any atom is -0.246 e. The molecule has 0 radical (unpaired) electrons. The molecule has 0 aliphatic heterocycles. The van der Waals surface area contributed by atoms with E-state index in [-0.39, 0.29) is 12.1 Å². The van der Waals surface area contributed by atoms with Gasteiger partial charge < -0.3 is 0 Å². The average Bonchev–Trinajstić information content (AvgIpc) is 3.09. The molecule has 0 bridgehead atoms. The molecule has 0 aromatic heterocycles. The second kappa shape index (κ2) is 4.75. The summed E-state index contributed by atoms with van der Waals surface area (Å²) < 4.78 is 0. The minimum atomic E-state index is 0.243. The number of hydrogen-bond acceptors (Lipinski definition) is 2. The van der Waals surface area contributed by atoms with E-state index >= 15 is 0 Å². The van der Waals surface area contributed by atoms with Crippen LogP contribution < -0.4 is 10.9 Å². The van der Waals surface area contributed by atoms with Crippen molar-refractivity contribution in [1.82, 2.24) is 10.9 Å². The third-order valence-electron chi connectivity index (χ3n) is 3.99. The summed E-state index contributed by atoms with van der Waals surface area (Å²) in [4.78, 5) is 0. The van der Waals surface area contributed by atoms with Crippen LogP contribution in [0.3, 0.4) is 0 Å². The van der Waals surface area contributed by atoms with E-state index in [2.05, 4.69) is 83.7 Å². The van der Waals surface area contributed by atoms with Gasteiger partial charge in [0, 0.05) is 0 Å². The smallest absolute Gasteiger partial charge is 0.0652 e. The number of rotatable bonds is 3. The van der Waals surface area contributed by atoms with Crippen molar-refractivity contribution >= 4 is 12.2 Å². The van der Waals surface area contributed by atoms with Crippen LogP contribution in [0.2, 0.25) is 0 Å². The van der Waals surface area contributed by atoms with Gasteiger partial charge in [0.15, 0.2) is 0 Å². The van der Waals surface area contributed by atoms with Crippen molar-refractivity contribution in [1.29, 1.82) is 0 Å². The molecule has 2 unspecified atom stereocenters. The highest BCUT2D eigenvalue weighted by atomic mass is 15.4. The molecule has 0 saturated heterocycles. The van der Waals surface area contributed by atoms with Crippen molar-refractivity contribution in [3.05, 3.63) is 82.9 Å². The first kappa shape index (κ1) is 11.6. The lowest BCUT2D eigenvalue weighted by molar-refractivity contribution is 0.460. The molecule has 98 valence electrons. The SMILES string of the molecule is C1=CC(NNC2C=Cc3ccccc32)c2ccccc21. The van der Waals surface area contributed by atoms with E-state index in [1.807, 2.05) is 0 Å². The van der Waals surface area contributed by atoms with Gasteiger partial charge in [0.1, 0.15) is 0 Å². The second-order valence-electron chi connectivity index (χ2n) is 5.22. The fraction of sp³-hybridized carbons (Fsp3) is 0.111. The monoisotopic (exact) mass is 260 g/mol. The number of hydrogen-bond donors (Lipinski definition) is 2. The Balaban J connectivity index is 1.48. The highest BCUT2D eigenvalue weighted by molar-refractivity contribution is 5.63. The molecule has 2 aliphatic carbocycles. The minimum absolute atomic E-state index is 0.243. The molecule has 2 aromatic carbocycles. The molecule has 0 amide bonds. The number of nitrogens with one attached hydrogen (secondary N) is 2. The van der Waals surface area contributed by atoms with Gasteiger partial charge in [-0.05, 0) is 22.3 Å². The topological polar surface area (TPSA) is 24.1 Å². The van der Waals surface area contributed by atoms with Gasteiger partial charge in [-0.1, -0.05) is 72.8 Å². The molecule has 2 aromatic rings.